The van der Waals surface area contributed by atoms with Crippen LogP contribution in [0.4, 0.5) is 0 Å². The van der Waals surface area contributed by atoms with Gasteiger partial charge in [-0.25, -0.2) is 0 Å². The molecule has 0 aromatic heterocycles. The van der Waals surface area contributed by atoms with Crippen molar-refractivity contribution in [2.75, 3.05) is 26.2 Å². The largest absolute Gasteiger partial charge is 0.376 e. The van der Waals surface area contributed by atoms with Gasteiger partial charge in [0, 0.05) is 6.54 Å². The quantitative estimate of drug-likeness (QED) is 0.690. The molecule has 0 N–H and O–H groups in total. The Labute approximate surface area is 88.6 Å². The van der Waals surface area contributed by atoms with Gasteiger partial charge in [0.05, 0.1) is 12.2 Å². The number of nitrogens with zero attached hydrogens (tertiary/aromatic N) is 1. The minimum Gasteiger partial charge on any atom is -0.376 e. The first-order chi connectivity index (χ1) is 6.51. The Morgan fingerprint density at radius 2 is 2.07 bits per heavy atom. The van der Waals surface area contributed by atoms with Crippen LogP contribution in [0.15, 0.2) is 0 Å². The lowest BCUT2D eigenvalue weighted by Gasteiger charge is -2.22. The molecular formula is C12H25NO. The molecule has 14 heavy (non-hydrogen) atoms. The fraction of sp³-hybridized carbons (Fsp3) is 1.00. The molecule has 2 heteroatoms. The van der Waals surface area contributed by atoms with Gasteiger partial charge < -0.3 is 9.64 Å². The third kappa shape index (κ3) is 4.43. The molecular weight excluding hydrogens is 174 g/mol. The summed E-state index contributed by atoms with van der Waals surface area (Å²) in [4.78, 5) is 2.55. The van der Waals surface area contributed by atoms with Crippen molar-refractivity contribution in [1.82, 2.24) is 4.90 Å². The molecule has 0 aliphatic carbocycles. The van der Waals surface area contributed by atoms with Crippen molar-refractivity contribution in [2.24, 2.45) is 5.92 Å². The van der Waals surface area contributed by atoms with Crippen LogP contribution in [0.5, 0.6) is 0 Å². The lowest BCUT2D eigenvalue weighted by Crippen LogP contribution is -2.26. The molecule has 0 radical (unpaired) electrons. The van der Waals surface area contributed by atoms with Gasteiger partial charge in [0.1, 0.15) is 0 Å². The van der Waals surface area contributed by atoms with E-state index in [9.17, 15) is 0 Å². The highest BCUT2D eigenvalue weighted by atomic mass is 16.5. The molecule has 1 aliphatic heterocycles. The smallest absolute Gasteiger partial charge is 0.0598 e. The predicted molar refractivity (Wildman–Crippen MR) is 60.5 cm³/mol. The summed E-state index contributed by atoms with van der Waals surface area (Å²) in [6.45, 7) is 13.3. The van der Waals surface area contributed by atoms with Crippen LogP contribution in [0.1, 0.15) is 40.5 Å². The minimum absolute atomic E-state index is 0.0260. The van der Waals surface area contributed by atoms with Crippen LogP contribution >= 0.6 is 0 Å². The molecule has 0 amide bonds. The third-order valence-corrected chi connectivity index (χ3v) is 2.66. The molecule has 2 nitrogen and oxygen atoms in total. The van der Waals surface area contributed by atoms with E-state index in [0.29, 0.717) is 0 Å². The van der Waals surface area contributed by atoms with Crippen molar-refractivity contribution in [3.8, 4) is 0 Å². The zero-order chi connectivity index (χ0) is 10.6. The van der Waals surface area contributed by atoms with Crippen LogP contribution in [-0.2, 0) is 4.74 Å². The fourth-order valence-corrected chi connectivity index (χ4v) is 1.94. The summed E-state index contributed by atoms with van der Waals surface area (Å²) < 4.78 is 5.81. The normalized spacial score (nSPS) is 24.4. The Balaban J connectivity index is 2.16. The van der Waals surface area contributed by atoms with Gasteiger partial charge in [0.2, 0.25) is 0 Å². The number of rotatable bonds is 4. The lowest BCUT2D eigenvalue weighted by atomic mass is 10.1. The van der Waals surface area contributed by atoms with E-state index in [1.54, 1.807) is 0 Å². The zero-order valence-electron chi connectivity index (χ0n) is 10.2. The van der Waals surface area contributed by atoms with Gasteiger partial charge in [-0.3, -0.25) is 0 Å². The third-order valence-electron chi connectivity index (χ3n) is 2.66. The molecule has 0 aromatic rings. The van der Waals surface area contributed by atoms with Crippen molar-refractivity contribution < 1.29 is 4.74 Å². The number of likely N-dealkylation sites (tertiary alicyclic amines) is 1. The van der Waals surface area contributed by atoms with Crippen molar-refractivity contribution in [3.63, 3.8) is 0 Å². The standard InChI is InChI=1S/C12H25NO/c1-5-7-13-8-6-11(9-13)10-14-12(2,3)4/h11H,5-10H2,1-4H3. The van der Waals surface area contributed by atoms with E-state index in [1.165, 1.54) is 32.5 Å². The molecule has 1 rings (SSSR count). The highest BCUT2D eigenvalue weighted by Crippen LogP contribution is 2.19. The molecule has 1 heterocycles. The summed E-state index contributed by atoms with van der Waals surface area (Å²) in [6.07, 6.45) is 2.59. The second-order valence-electron chi connectivity index (χ2n) is 5.38. The average Bonchev–Trinajstić information content (AvgIpc) is 2.49. The molecule has 0 aromatic carbocycles. The molecule has 1 saturated heterocycles. The van der Waals surface area contributed by atoms with Crippen LogP contribution in [-0.4, -0.2) is 36.7 Å². The zero-order valence-corrected chi connectivity index (χ0v) is 10.2. The van der Waals surface area contributed by atoms with E-state index < -0.39 is 0 Å². The molecule has 1 unspecified atom stereocenters. The average molecular weight is 199 g/mol. The summed E-state index contributed by atoms with van der Waals surface area (Å²) in [5, 5.41) is 0. The van der Waals surface area contributed by atoms with Crippen molar-refractivity contribution in [1.29, 1.82) is 0 Å². The van der Waals surface area contributed by atoms with Crippen molar-refractivity contribution in [3.05, 3.63) is 0 Å². The predicted octanol–water partition coefficient (Wildman–Crippen LogP) is 2.53. The number of hydrogen-bond acceptors (Lipinski definition) is 2. The second-order valence-corrected chi connectivity index (χ2v) is 5.38. The SMILES string of the molecule is CCCN1CCC(COC(C)(C)C)C1. The number of ether oxygens (including phenoxy) is 1. The molecule has 84 valence electrons. The van der Waals surface area contributed by atoms with Gasteiger partial charge >= 0.3 is 0 Å². The molecule has 0 spiro atoms. The van der Waals surface area contributed by atoms with Gasteiger partial charge in [-0.05, 0) is 52.6 Å². The summed E-state index contributed by atoms with van der Waals surface area (Å²) >= 11 is 0. The molecule has 1 atom stereocenters. The lowest BCUT2D eigenvalue weighted by molar-refractivity contribution is -0.0205. The van der Waals surface area contributed by atoms with Crippen molar-refractivity contribution >= 4 is 0 Å². The molecule has 0 bridgehead atoms. The maximum atomic E-state index is 5.81. The Morgan fingerprint density at radius 1 is 1.36 bits per heavy atom. The van der Waals surface area contributed by atoms with Gasteiger partial charge in [0.25, 0.3) is 0 Å². The minimum atomic E-state index is 0.0260. The van der Waals surface area contributed by atoms with Crippen LogP contribution in [0.25, 0.3) is 0 Å². The summed E-state index contributed by atoms with van der Waals surface area (Å²) in [5.74, 6) is 0.765. The van der Waals surface area contributed by atoms with E-state index in [2.05, 4.69) is 32.6 Å². The van der Waals surface area contributed by atoms with Crippen LogP contribution in [0, 0.1) is 5.92 Å². The van der Waals surface area contributed by atoms with E-state index in [4.69, 9.17) is 4.74 Å². The summed E-state index contributed by atoms with van der Waals surface area (Å²) in [5.41, 5.74) is 0.0260. The Bertz CT molecular complexity index is 162. The first kappa shape index (κ1) is 12.0. The van der Waals surface area contributed by atoms with E-state index >= 15 is 0 Å². The highest BCUT2D eigenvalue weighted by molar-refractivity contribution is 4.75. The topological polar surface area (TPSA) is 12.5 Å². The Kier molecular flexibility index (Phi) is 4.39. The fourth-order valence-electron chi connectivity index (χ4n) is 1.94. The van der Waals surface area contributed by atoms with E-state index in [-0.39, 0.29) is 5.60 Å². The molecule has 1 fully saturated rings. The molecule has 0 saturated carbocycles. The van der Waals surface area contributed by atoms with Gasteiger partial charge in [-0.2, -0.15) is 0 Å². The number of hydrogen-bond donors (Lipinski definition) is 0. The first-order valence-corrected chi connectivity index (χ1v) is 5.87. The van der Waals surface area contributed by atoms with Gasteiger partial charge in [0.15, 0.2) is 0 Å². The van der Waals surface area contributed by atoms with Crippen molar-refractivity contribution in [2.45, 2.75) is 46.1 Å². The Hall–Kier alpha value is -0.0800. The second kappa shape index (κ2) is 5.13. The molecule has 1 aliphatic rings. The monoisotopic (exact) mass is 199 g/mol. The van der Waals surface area contributed by atoms with Crippen LogP contribution < -0.4 is 0 Å². The van der Waals surface area contributed by atoms with Crippen LogP contribution in [0.2, 0.25) is 0 Å². The van der Waals surface area contributed by atoms with E-state index in [0.717, 1.165) is 12.5 Å². The summed E-state index contributed by atoms with van der Waals surface area (Å²) in [7, 11) is 0. The maximum absolute atomic E-state index is 5.81. The van der Waals surface area contributed by atoms with Crippen LogP contribution in [0.3, 0.4) is 0 Å². The van der Waals surface area contributed by atoms with E-state index in [1.807, 2.05) is 0 Å². The highest BCUT2D eigenvalue weighted by Gasteiger charge is 2.23. The van der Waals surface area contributed by atoms with Gasteiger partial charge in [-0.1, -0.05) is 6.92 Å². The summed E-state index contributed by atoms with van der Waals surface area (Å²) in [6, 6.07) is 0. The Morgan fingerprint density at radius 3 is 2.64 bits per heavy atom. The maximum Gasteiger partial charge on any atom is 0.0598 e. The first-order valence-electron chi connectivity index (χ1n) is 5.87. The van der Waals surface area contributed by atoms with Gasteiger partial charge in [-0.15, -0.1) is 0 Å².